The molecule has 0 aromatic heterocycles. The van der Waals surface area contributed by atoms with Crippen molar-refractivity contribution in [2.24, 2.45) is 11.8 Å². The van der Waals surface area contributed by atoms with Gasteiger partial charge in [-0.2, -0.15) is 0 Å². The number of ether oxygens (including phenoxy) is 3. The zero-order valence-corrected chi connectivity index (χ0v) is 13.5. The van der Waals surface area contributed by atoms with Gasteiger partial charge in [0.15, 0.2) is 0 Å². The Hall–Kier alpha value is -0.902. The number of hydrogen-bond acceptors (Lipinski definition) is 6. The van der Waals surface area contributed by atoms with E-state index in [2.05, 4.69) is 4.74 Å². The average molecular weight is 438 g/mol. The van der Waals surface area contributed by atoms with Crippen molar-refractivity contribution in [3.8, 4) is 0 Å². The fourth-order valence-corrected chi connectivity index (χ4v) is 2.11. The van der Waals surface area contributed by atoms with Gasteiger partial charge in [0.05, 0.1) is 7.11 Å². The maximum atomic E-state index is 11.6. The molecule has 2 rings (SSSR count). The molecule has 0 radical (unpaired) electrons. The second-order valence-electron chi connectivity index (χ2n) is 4.17. The summed E-state index contributed by atoms with van der Waals surface area (Å²) in [5.74, 6) is -2.82. The summed E-state index contributed by atoms with van der Waals surface area (Å²) in [6.45, 7) is 1.66. The molecule has 2 fully saturated rings. The van der Waals surface area contributed by atoms with Crippen molar-refractivity contribution in [2.45, 2.75) is 25.6 Å². The van der Waals surface area contributed by atoms with E-state index in [1.165, 1.54) is 13.5 Å². The molecule has 7 heteroatoms. The van der Waals surface area contributed by atoms with E-state index in [0.717, 1.165) is 0 Å². The molecule has 0 amide bonds. The van der Waals surface area contributed by atoms with Crippen LogP contribution in [0.4, 0.5) is 0 Å². The summed E-state index contributed by atoms with van der Waals surface area (Å²) in [5, 5.41) is 0. The number of fused-ring (bicyclic) bond motifs is 2. The van der Waals surface area contributed by atoms with E-state index in [4.69, 9.17) is 9.47 Å². The van der Waals surface area contributed by atoms with Gasteiger partial charge in [-0.1, -0.05) is 18.8 Å². The molecule has 2 bridgehead atoms. The Kier molecular flexibility index (Phi) is 5.53. The van der Waals surface area contributed by atoms with Gasteiger partial charge in [-0.3, -0.25) is 27.2 Å². The normalized spacial score (nSPS) is 32.0. The van der Waals surface area contributed by atoms with Crippen molar-refractivity contribution in [2.75, 3.05) is 7.11 Å². The fourth-order valence-electron chi connectivity index (χ4n) is 2.11. The molecule has 1 aliphatic heterocycles. The Bertz CT molecular complexity index is 382. The first-order chi connectivity index (χ1) is 8.56. The van der Waals surface area contributed by atoms with Crippen LogP contribution in [0.1, 0.15) is 13.3 Å². The first-order valence-corrected chi connectivity index (χ1v) is 5.74. The second kappa shape index (κ2) is 6.51. The number of carbonyl (C=O) groups excluding carboxylic acids is 3. The SMILES string of the molecule is CCC(=O)OC1[CH-]C(C(=O)OC)C2[CH-]C1OC2=O.[W+2]. The summed E-state index contributed by atoms with van der Waals surface area (Å²) in [7, 11) is 1.25. The van der Waals surface area contributed by atoms with Crippen LogP contribution in [0.2, 0.25) is 0 Å². The van der Waals surface area contributed by atoms with Gasteiger partial charge in [0, 0.05) is 6.42 Å². The molecule has 104 valence electrons. The summed E-state index contributed by atoms with van der Waals surface area (Å²) in [6.07, 6.45) is 2.01. The van der Waals surface area contributed by atoms with Gasteiger partial charge in [-0.05, 0) is 12.2 Å². The summed E-state index contributed by atoms with van der Waals surface area (Å²) < 4.78 is 14.8. The van der Waals surface area contributed by atoms with Crippen molar-refractivity contribution in [3.63, 3.8) is 0 Å². The van der Waals surface area contributed by atoms with Crippen molar-refractivity contribution >= 4 is 17.9 Å². The minimum atomic E-state index is -0.754. The number of methoxy groups -OCH3 is 1. The molecule has 4 atom stereocenters. The van der Waals surface area contributed by atoms with Crippen LogP contribution >= 0.6 is 0 Å². The third-order valence-corrected chi connectivity index (χ3v) is 3.06. The van der Waals surface area contributed by atoms with Crippen LogP contribution in [0.3, 0.4) is 0 Å². The Labute approximate surface area is 125 Å². The van der Waals surface area contributed by atoms with Crippen LogP contribution in [0.5, 0.6) is 0 Å². The van der Waals surface area contributed by atoms with Crippen molar-refractivity contribution in [1.29, 1.82) is 0 Å². The molecular weight excluding hydrogens is 424 g/mol. The molecule has 0 aromatic carbocycles. The molecule has 4 unspecified atom stereocenters. The van der Waals surface area contributed by atoms with Gasteiger partial charge >= 0.3 is 27.0 Å². The summed E-state index contributed by atoms with van der Waals surface area (Å²) >= 11 is 0. The van der Waals surface area contributed by atoms with Gasteiger partial charge in [-0.15, -0.1) is 0 Å². The number of rotatable bonds is 3. The summed E-state index contributed by atoms with van der Waals surface area (Å²) in [6, 6.07) is 0. The Morgan fingerprint density at radius 2 is 2.05 bits per heavy atom. The molecule has 2 aliphatic rings. The zero-order valence-electron chi connectivity index (χ0n) is 10.5. The number of carbonyl (C=O) groups is 3. The predicted octanol–water partition coefficient (Wildman–Crippen LogP) is 0.0587. The van der Waals surface area contributed by atoms with E-state index in [0.29, 0.717) is 0 Å². The van der Waals surface area contributed by atoms with Crippen LogP contribution in [-0.2, 0) is 49.7 Å². The van der Waals surface area contributed by atoms with Crippen molar-refractivity contribution in [1.82, 2.24) is 0 Å². The van der Waals surface area contributed by atoms with Crippen molar-refractivity contribution in [3.05, 3.63) is 12.8 Å². The molecule has 1 saturated carbocycles. The zero-order chi connectivity index (χ0) is 13.3. The molecule has 1 heterocycles. The Morgan fingerprint density at radius 1 is 1.37 bits per heavy atom. The van der Waals surface area contributed by atoms with Gasteiger partial charge in [0.2, 0.25) is 0 Å². The standard InChI is InChI=1S/C12H14O6.W/c1-3-10(13)17-8-4-6(11(14)16-2)7-5-9(8)18-12(7)15;/h4-9H,3H2,1-2H3;/q-2;+2. The average Bonchev–Trinajstić information content (AvgIpc) is 2.70. The monoisotopic (exact) mass is 438 g/mol. The van der Waals surface area contributed by atoms with E-state index in [9.17, 15) is 14.4 Å². The van der Waals surface area contributed by atoms with E-state index >= 15 is 0 Å². The van der Waals surface area contributed by atoms with E-state index in [1.54, 1.807) is 13.3 Å². The summed E-state index contributed by atoms with van der Waals surface area (Å²) in [5.41, 5.74) is 0. The largest absolute Gasteiger partial charge is 2.00 e. The number of esters is 3. The van der Waals surface area contributed by atoms with Crippen LogP contribution in [0, 0.1) is 24.7 Å². The van der Waals surface area contributed by atoms with Gasteiger partial charge in [0.1, 0.15) is 0 Å². The van der Waals surface area contributed by atoms with Crippen LogP contribution in [0.25, 0.3) is 0 Å². The topological polar surface area (TPSA) is 78.9 Å². The van der Waals surface area contributed by atoms with E-state index < -0.39 is 42.0 Å². The van der Waals surface area contributed by atoms with Crippen LogP contribution in [0.15, 0.2) is 0 Å². The maximum absolute atomic E-state index is 11.6. The smallest absolute Gasteiger partial charge is 0.496 e. The minimum absolute atomic E-state index is 0. The van der Waals surface area contributed by atoms with Gasteiger partial charge < -0.3 is 14.2 Å². The molecule has 0 N–H and O–H groups in total. The minimum Gasteiger partial charge on any atom is -0.496 e. The van der Waals surface area contributed by atoms with Gasteiger partial charge in [0.25, 0.3) is 11.9 Å². The molecule has 6 nitrogen and oxygen atoms in total. The van der Waals surface area contributed by atoms with Crippen molar-refractivity contribution < 1.29 is 49.7 Å². The molecular formula is C12H14O6W. The molecule has 0 spiro atoms. The third kappa shape index (κ3) is 3.16. The first-order valence-electron chi connectivity index (χ1n) is 5.74. The molecule has 19 heavy (non-hydrogen) atoms. The predicted molar refractivity (Wildman–Crippen MR) is 57.6 cm³/mol. The van der Waals surface area contributed by atoms with E-state index in [-0.39, 0.29) is 27.5 Å². The Morgan fingerprint density at radius 3 is 2.63 bits per heavy atom. The first kappa shape index (κ1) is 16.2. The summed E-state index contributed by atoms with van der Waals surface area (Å²) in [4.78, 5) is 34.4. The molecule has 1 aliphatic carbocycles. The van der Waals surface area contributed by atoms with E-state index in [1.807, 2.05) is 0 Å². The second-order valence-corrected chi connectivity index (χ2v) is 4.17. The Balaban J connectivity index is 0.00000180. The van der Waals surface area contributed by atoms with Gasteiger partial charge in [-0.25, -0.2) is 0 Å². The van der Waals surface area contributed by atoms with Crippen LogP contribution < -0.4 is 0 Å². The maximum Gasteiger partial charge on any atom is 2.00 e. The molecule has 1 saturated heterocycles. The molecule has 0 aromatic rings. The third-order valence-electron chi connectivity index (χ3n) is 3.06. The quantitative estimate of drug-likeness (QED) is 0.353. The fraction of sp³-hybridized carbons (Fsp3) is 0.583. The number of hydrogen-bond donors (Lipinski definition) is 0. The van der Waals surface area contributed by atoms with Crippen LogP contribution in [-0.4, -0.2) is 37.2 Å².